The van der Waals surface area contributed by atoms with E-state index < -0.39 is 18.0 Å². The van der Waals surface area contributed by atoms with E-state index in [4.69, 9.17) is 5.73 Å². The predicted octanol–water partition coefficient (Wildman–Crippen LogP) is 2.33. The van der Waals surface area contributed by atoms with Gasteiger partial charge in [-0.3, -0.25) is 14.5 Å². The molecule has 0 spiro atoms. The first kappa shape index (κ1) is 23.1. The Morgan fingerprint density at radius 1 is 1.19 bits per heavy atom. The van der Waals surface area contributed by atoms with Crippen molar-refractivity contribution in [2.24, 2.45) is 11.7 Å². The van der Waals surface area contributed by atoms with Crippen LogP contribution in [0.1, 0.15) is 31.4 Å². The summed E-state index contributed by atoms with van der Waals surface area (Å²) < 4.78 is 0. The molecule has 1 heterocycles. The van der Waals surface area contributed by atoms with Gasteiger partial charge in [-0.25, -0.2) is 4.79 Å². The highest BCUT2D eigenvalue weighted by Crippen LogP contribution is 2.33. The van der Waals surface area contributed by atoms with Crippen molar-refractivity contribution in [1.29, 1.82) is 0 Å². The number of β-lactam (4-membered cyclic amide) rings is 1. The lowest BCUT2D eigenvalue weighted by atomic mass is 9.83. The second kappa shape index (κ2) is 9.72. The van der Waals surface area contributed by atoms with Crippen LogP contribution in [0.15, 0.2) is 54.9 Å². The molecule has 3 atom stereocenters. The maximum atomic E-state index is 13.0. The molecule has 2 aromatic carbocycles. The maximum Gasteiger partial charge on any atom is 0.325 e. The number of amides is 4. The summed E-state index contributed by atoms with van der Waals surface area (Å²) in [5, 5.41) is 7.91. The number of imide groups is 1. The summed E-state index contributed by atoms with van der Waals surface area (Å²) in [6.07, 6.45) is 1.11. The lowest BCUT2D eigenvalue weighted by molar-refractivity contribution is -0.161. The van der Waals surface area contributed by atoms with E-state index in [0.717, 1.165) is 21.2 Å². The summed E-state index contributed by atoms with van der Waals surface area (Å²) in [5.41, 5.74) is 6.44. The van der Waals surface area contributed by atoms with Crippen molar-refractivity contribution < 1.29 is 14.4 Å². The lowest BCUT2D eigenvalue weighted by Gasteiger charge is -2.45. The molecule has 4 N–H and O–H groups in total. The van der Waals surface area contributed by atoms with E-state index in [0.29, 0.717) is 25.2 Å². The minimum absolute atomic E-state index is 0.265. The van der Waals surface area contributed by atoms with Crippen LogP contribution in [0.4, 0.5) is 4.79 Å². The number of nitrogens with zero attached hydrogens (tertiary/aromatic N) is 2. The van der Waals surface area contributed by atoms with Crippen LogP contribution in [0.5, 0.6) is 0 Å². The number of fused-ring (bicyclic) bond motifs is 1. The van der Waals surface area contributed by atoms with E-state index in [-0.39, 0.29) is 17.9 Å². The van der Waals surface area contributed by atoms with E-state index >= 15 is 0 Å². The van der Waals surface area contributed by atoms with E-state index in [9.17, 15) is 14.4 Å². The van der Waals surface area contributed by atoms with Crippen LogP contribution in [0, 0.1) is 5.92 Å². The molecular formula is C24H31N5O3. The lowest BCUT2D eigenvalue weighted by Crippen LogP contribution is -2.69. The Labute approximate surface area is 188 Å². The second-order valence-electron chi connectivity index (χ2n) is 8.33. The van der Waals surface area contributed by atoms with Crippen LogP contribution in [0.2, 0.25) is 0 Å². The first-order chi connectivity index (χ1) is 15.2. The Bertz CT molecular complexity index is 1030. The van der Waals surface area contributed by atoms with Gasteiger partial charge in [0.2, 0.25) is 11.8 Å². The van der Waals surface area contributed by atoms with Gasteiger partial charge >= 0.3 is 6.03 Å². The average Bonchev–Trinajstić information content (AvgIpc) is 2.75. The standard InChI is InChI=1S/C24H31N5O3/c1-15(18-12-7-10-17-9-5-6-11-19(17)18)27-24(32)29-21(23(31)28(3)4)20(22(29)30)13-8-14-26-16(2)25/h5-7,9-12,15,20-21,26H,2,8,13-14,25H2,1,3-4H3,(H,27,32). The van der Waals surface area contributed by atoms with Crippen molar-refractivity contribution in [1.82, 2.24) is 20.4 Å². The molecule has 0 aromatic heterocycles. The summed E-state index contributed by atoms with van der Waals surface area (Å²) in [4.78, 5) is 41.1. The van der Waals surface area contributed by atoms with Crippen LogP contribution in [-0.4, -0.2) is 54.3 Å². The molecule has 4 amide bonds. The Hall–Kier alpha value is -3.55. The number of carbonyl (C=O) groups is 3. The maximum absolute atomic E-state index is 13.0. The zero-order chi connectivity index (χ0) is 23.4. The zero-order valence-corrected chi connectivity index (χ0v) is 18.8. The van der Waals surface area contributed by atoms with Gasteiger partial charge in [-0.15, -0.1) is 0 Å². The van der Waals surface area contributed by atoms with Crippen molar-refractivity contribution in [2.75, 3.05) is 20.6 Å². The van der Waals surface area contributed by atoms with Gasteiger partial charge in [0.15, 0.2) is 0 Å². The molecule has 0 saturated carbocycles. The average molecular weight is 438 g/mol. The molecule has 170 valence electrons. The first-order valence-electron chi connectivity index (χ1n) is 10.7. The number of rotatable bonds is 8. The van der Waals surface area contributed by atoms with Crippen molar-refractivity contribution in [2.45, 2.75) is 31.8 Å². The summed E-state index contributed by atoms with van der Waals surface area (Å²) >= 11 is 0. The third kappa shape index (κ3) is 4.69. The van der Waals surface area contributed by atoms with Crippen molar-refractivity contribution >= 4 is 28.6 Å². The molecule has 8 nitrogen and oxygen atoms in total. The van der Waals surface area contributed by atoms with Crippen LogP contribution in [0.25, 0.3) is 10.8 Å². The molecule has 0 radical (unpaired) electrons. The Kier molecular flexibility index (Phi) is 7.02. The normalized spacial score (nSPS) is 18.6. The van der Waals surface area contributed by atoms with E-state index in [1.165, 1.54) is 4.90 Å². The highest BCUT2D eigenvalue weighted by Gasteiger charge is 2.54. The number of likely N-dealkylation sites (N-methyl/N-ethyl adjacent to an activating group) is 1. The van der Waals surface area contributed by atoms with Crippen LogP contribution in [0.3, 0.4) is 0 Å². The van der Waals surface area contributed by atoms with Crippen molar-refractivity contribution in [3.63, 3.8) is 0 Å². The zero-order valence-electron chi connectivity index (χ0n) is 18.8. The number of hydrogen-bond donors (Lipinski definition) is 3. The quantitative estimate of drug-likeness (QED) is 0.434. The third-order valence-corrected chi connectivity index (χ3v) is 5.80. The molecule has 32 heavy (non-hydrogen) atoms. The molecule has 3 unspecified atom stereocenters. The van der Waals surface area contributed by atoms with Gasteiger partial charge < -0.3 is 21.3 Å². The second-order valence-corrected chi connectivity index (χ2v) is 8.33. The van der Waals surface area contributed by atoms with Gasteiger partial charge in [-0.2, -0.15) is 0 Å². The number of carbonyl (C=O) groups excluding carboxylic acids is 3. The highest BCUT2D eigenvalue weighted by molar-refractivity contribution is 6.08. The summed E-state index contributed by atoms with van der Waals surface area (Å²) in [5.74, 6) is -0.774. The SMILES string of the molecule is C=C(N)NCCCC1C(=O)N(C(=O)NC(C)c2cccc3ccccc23)C1C(=O)N(C)C. The number of urea groups is 1. The summed E-state index contributed by atoms with van der Waals surface area (Å²) in [7, 11) is 3.24. The molecule has 1 aliphatic rings. The number of nitrogens with two attached hydrogens (primary N) is 1. The minimum Gasteiger partial charge on any atom is -0.386 e. The highest BCUT2D eigenvalue weighted by atomic mass is 16.2. The minimum atomic E-state index is -0.807. The van der Waals surface area contributed by atoms with Gasteiger partial charge in [-0.05, 0) is 36.1 Å². The molecule has 1 saturated heterocycles. The molecule has 0 bridgehead atoms. The summed E-state index contributed by atoms with van der Waals surface area (Å²) in [6.45, 7) is 5.99. The Morgan fingerprint density at radius 2 is 1.88 bits per heavy atom. The Balaban J connectivity index is 1.73. The van der Waals surface area contributed by atoms with Crippen molar-refractivity contribution in [3.8, 4) is 0 Å². The fourth-order valence-electron chi connectivity index (χ4n) is 4.13. The van der Waals surface area contributed by atoms with Crippen molar-refractivity contribution in [3.05, 3.63) is 60.4 Å². The van der Waals surface area contributed by atoms with Gasteiger partial charge in [-0.1, -0.05) is 49.0 Å². The first-order valence-corrected chi connectivity index (χ1v) is 10.7. The molecule has 2 aromatic rings. The number of hydrogen-bond acceptors (Lipinski definition) is 5. The van der Waals surface area contributed by atoms with Crippen LogP contribution < -0.4 is 16.4 Å². The third-order valence-electron chi connectivity index (χ3n) is 5.80. The topological polar surface area (TPSA) is 108 Å². The van der Waals surface area contributed by atoms with Gasteiger partial charge in [0, 0.05) is 20.6 Å². The van der Waals surface area contributed by atoms with Crippen LogP contribution in [-0.2, 0) is 9.59 Å². The predicted molar refractivity (Wildman–Crippen MR) is 124 cm³/mol. The van der Waals surface area contributed by atoms with Gasteiger partial charge in [0.05, 0.1) is 17.8 Å². The number of benzene rings is 2. The van der Waals surface area contributed by atoms with Gasteiger partial charge in [0.1, 0.15) is 6.04 Å². The van der Waals surface area contributed by atoms with Gasteiger partial charge in [0.25, 0.3) is 0 Å². The van der Waals surface area contributed by atoms with E-state index in [2.05, 4.69) is 17.2 Å². The molecule has 3 rings (SSSR count). The molecule has 0 aliphatic carbocycles. The number of nitrogens with one attached hydrogen (secondary N) is 2. The fraction of sp³-hybridized carbons (Fsp3) is 0.375. The molecule has 1 aliphatic heterocycles. The monoisotopic (exact) mass is 437 g/mol. The molecular weight excluding hydrogens is 406 g/mol. The number of likely N-dealkylation sites (tertiary alicyclic amines) is 1. The van der Waals surface area contributed by atoms with E-state index in [1.54, 1.807) is 14.1 Å². The Morgan fingerprint density at radius 3 is 2.56 bits per heavy atom. The molecule has 1 fully saturated rings. The largest absolute Gasteiger partial charge is 0.386 e. The van der Waals surface area contributed by atoms with Crippen LogP contribution >= 0.6 is 0 Å². The fourth-order valence-corrected chi connectivity index (χ4v) is 4.13. The summed E-state index contributed by atoms with van der Waals surface area (Å²) in [6, 6.07) is 12.1. The smallest absolute Gasteiger partial charge is 0.325 e. The van der Waals surface area contributed by atoms with E-state index in [1.807, 2.05) is 49.4 Å². The molecule has 8 heteroatoms.